The molecule has 0 unspecified atom stereocenters. The van der Waals surface area contributed by atoms with E-state index in [0.717, 1.165) is 24.0 Å². The molecule has 114 valence electrons. The summed E-state index contributed by atoms with van der Waals surface area (Å²) in [6.45, 7) is 6.40. The molecule has 5 heteroatoms. The molecule has 0 bridgehead atoms. The molecule has 1 aromatic carbocycles. The molecule has 0 spiro atoms. The van der Waals surface area contributed by atoms with E-state index in [1.54, 1.807) is 18.4 Å². The zero-order valence-electron chi connectivity index (χ0n) is 12.9. The smallest absolute Gasteiger partial charge is 0.168 e. The molecule has 0 fully saturated rings. The number of hydrogen-bond donors (Lipinski definition) is 0. The van der Waals surface area contributed by atoms with Gasteiger partial charge in [0.2, 0.25) is 0 Å². The maximum Gasteiger partial charge on any atom is 0.168 e. The van der Waals surface area contributed by atoms with Crippen LogP contribution in [0.4, 0.5) is 0 Å². The number of rotatable bonds is 3. The number of nitrogens with zero attached hydrogens (tertiary/aromatic N) is 2. The Bertz CT molecular complexity index is 804. The van der Waals surface area contributed by atoms with Gasteiger partial charge in [-0.15, -0.1) is 11.3 Å². The lowest BCUT2D eigenvalue weighted by Gasteiger charge is -2.19. The molecular weight excluding hydrogens is 312 g/mol. The monoisotopic (exact) mass is 330 g/mol. The van der Waals surface area contributed by atoms with Gasteiger partial charge in [-0.05, 0) is 29.5 Å². The van der Waals surface area contributed by atoms with Crippen molar-refractivity contribution in [2.75, 3.05) is 20.2 Å². The van der Waals surface area contributed by atoms with Gasteiger partial charge in [0, 0.05) is 27.1 Å². The van der Waals surface area contributed by atoms with E-state index in [-0.39, 0.29) is 0 Å². The minimum absolute atomic E-state index is 0.498. The van der Waals surface area contributed by atoms with Gasteiger partial charge in [0.25, 0.3) is 0 Å². The first-order chi connectivity index (χ1) is 10.7. The number of benzene rings is 1. The number of fused-ring (bicyclic) bond motifs is 2. The first-order valence-electron chi connectivity index (χ1n) is 7.48. The second-order valence-electron chi connectivity index (χ2n) is 5.80. The van der Waals surface area contributed by atoms with Crippen molar-refractivity contribution in [3.63, 3.8) is 0 Å². The van der Waals surface area contributed by atoms with Crippen LogP contribution in [0.15, 0.2) is 33.5 Å². The first kappa shape index (κ1) is 14.2. The fourth-order valence-corrected chi connectivity index (χ4v) is 5.08. The quantitative estimate of drug-likeness (QED) is 0.819. The normalized spacial score (nSPS) is 17.6. The van der Waals surface area contributed by atoms with E-state index in [9.17, 15) is 0 Å². The lowest BCUT2D eigenvalue weighted by Crippen LogP contribution is -2.20. The van der Waals surface area contributed by atoms with Crippen LogP contribution in [0.1, 0.15) is 19.4 Å². The van der Waals surface area contributed by atoms with Crippen LogP contribution in [0.5, 0.6) is 5.75 Å². The predicted molar refractivity (Wildman–Crippen MR) is 96.7 cm³/mol. The number of thioether (sulfide) groups is 1. The highest BCUT2D eigenvalue weighted by molar-refractivity contribution is 8.17. The second-order valence-corrected chi connectivity index (χ2v) is 7.75. The van der Waals surface area contributed by atoms with Gasteiger partial charge in [0.15, 0.2) is 5.17 Å². The fraction of sp³-hybridized carbons (Fsp3) is 0.353. The third kappa shape index (κ3) is 2.07. The van der Waals surface area contributed by atoms with Gasteiger partial charge in [-0.3, -0.25) is 4.99 Å². The van der Waals surface area contributed by atoms with Crippen LogP contribution in [0.25, 0.3) is 15.8 Å². The molecule has 4 rings (SSSR count). The van der Waals surface area contributed by atoms with Crippen LogP contribution in [0, 0.1) is 5.92 Å². The SMILES string of the molecule is COc1cc(C2=C(C(C)C)SC3=NCCN32)cc2sccc12. The van der Waals surface area contributed by atoms with E-state index >= 15 is 0 Å². The summed E-state index contributed by atoms with van der Waals surface area (Å²) in [5.41, 5.74) is 2.57. The minimum Gasteiger partial charge on any atom is -0.496 e. The Balaban J connectivity index is 1.92. The van der Waals surface area contributed by atoms with Crippen molar-refractivity contribution in [2.45, 2.75) is 13.8 Å². The summed E-state index contributed by atoms with van der Waals surface area (Å²) >= 11 is 3.60. The summed E-state index contributed by atoms with van der Waals surface area (Å²) in [7, 11) is 1.75. The highest BCUT2D eigenvalue weighted by Crippen LogP contribution is 2.46. The third-order valence-electron chi connectivity index (χ3n) is 4.06. The molecule has 22 heavy (non-hydrogen) atoms. The molecule has 0 amide bonds. The van der Waals surface area contributed by atoms with E-state index in [0.29, 0.717) is 5.92 Å². The molecule has 0 atom stereocenters. The number of ether oxygens (including phenoxy) is 1. The van der Waals surface area contributed by atoms with Crippen LogP contribution in [-0.2, 0) is 0 Å². The molecule has 2 aromatic rings. The van der Waals surface area contributed by atoms with E-state index in [1.807, 2.05) is 11.8 Å². The van der Waals surface area contributed by atoms with Gasteiger partial charge in [-0.1, -0.05) is 25.6 Å². The number of hydrogen-bond acceptors (Lipinski definition) is 5. The highest BCUT2D eigenvalue weighted by Gasteiger charge is 2.34. The number of methoxy groups -OCH3 is 1. The maximum atomic E-state index is 5.62. The molecule has 0 saturated carbocycles. The van der Waals surface area contributed by atoms with Crippen molar-refractivity contribution in [1.29, 1.82) is 0 Å². The summed E-state index contributed by atoms with van der Waals surface area (Å²) in [5, 5.41) is 4.48. The van der Waals surface area contributed by atoms with Gasteiger partial charge in [-0.25, -0.2) is 0 Å². The predicted octanol–water partition coefficient (Wildman–Crippen LogP) is 4.65. The minimum atomic E-state index is 0.498. The molecule has 3 heterocycles. The van der Waals surface area contributed by atoms with Crippen LogP contribution in [0.3, 0.4) is 0 Å². The Morgan fingerprint density at radius 3 is 2.95 bits per heavy atom. The van der Waals surface area contributed by atoms with Gasteiger partial charge in [-0.2, -0.15) is 0 Å². The van der Waals surface area contributed by atoms with Crippen molar-refractivity contribution in [1.82, 2.24) is 4.90 Å². The summed E-state index contributed by atoms with van der Waals surface area (Å²) in [4.78, 5) is 8.42. The van der Waals surface area contributed by atoms with Crippen LogP contribution in [0.2, 0.25) is 0 Å². The molecule has 2 aliphatic heterocycles. The molecular formula is C17H18N2OS2. The average Bonchev–Trinajstić information content (AvgIpc) is 3.19. The van der Waals surface area contributed by atoms with Crippen molar-refractivity contribution >= 4 is 44.0 Å². The van der Waals surface area contributed by atoms with Crippen molar-refractivity contribution in [3.8, 4) is 5.75 Å². The van der Waals surface area contributed by atoms with E-state index < -0.39 is 0 Å². The largest absolute Gasteiger partial charge is 0.496 e. The van der Waals surface area contributed by atoms with Crippen molar-refractivity contribution < 1.29 is 4.74 Å². The van der Waals surface area contributed by atoms with E-state index in [1.165, 1.54) is 26.3 Å². The Morgan fingerprint density at radius 1 is 1.32 bits per heavy atom. The van der Waals surface area contributed by atoms with Crippen LogP contribution < -0.4 is 4.74 Å². The van der Waals surface area contributed by atoms with E-state index in [4.69, 9.17) is 4.74 Å². The molecule has 0 N–H and O–H groups in total. The van der Waals surface area contributed by atoms with Gasteiger partial charge in [0.1, 0.15) is 5.75 Å². The molecule has 1 aromatic heterocycles. The maximum absolute atomic E-state index is 5.62. The van der Waals surface area contributed by atoms with Gasteiger partial charge < -0.3 is 9.64 Å². The summed E-state index contributed by atoms with van der Waals surface area (Å²) in [5.74, 6) is 1.46. The first-order valence-corrected chi connectivity index (χ1v) is 9.18. The Kier molecular flexibility index (Phi) is 3.42. The number of amidine groups is 1. The molecule has 0 aliphatic carbocycles. The zero-order chi connectivity index (χ0) is 15.3. The third-order valence-corrected chi connectivity index (χ3v) is 6.34. The number of allylic oxidation sites excluding steroid dienone is 1. The molecule has 0 saturated heterocycles. The average molecular weight is 330 g/mol. The summed E-state index contributed by atoms with van der Waals surface area (Å²) in [6.07, 6.45) is 0. The lowest BCUT2D eigenvalue weighted by molar-refractivity contribution is 0.419. The van der Waals surface area contributed by atoms with Gasteiger partial charge >= 0.3 is 0 Å². The summed E-state index contributed by atoms with van der Waals surface area (Å²) in [6, 6.07) is 6.60. The zero-order valence-corrected chi connectivity index (χ0v) is 14.6. The second kappa shape index (κ2) is 5.32. The Hall–Kier alpha value is -1.46. The Morgan fingerprint density at radius 2 is 2.18 bits per heavy atom. The highest BCUT2D eigenvalue weighted by atomic mass is 32.2. The van der Waals surface area contributed by atoms with Crippen molar-refractivity contribution in [3.05, 3.63) is 34.0 Å². The summed E-state index contributed by atoms with van der Waals surface area (Å²) < 4.78 is 6.90. The fourth-order valence-electron chi connectivity index (χ4n) is 3.03. The van der Waals surface area contributed by atoms with E-state index in [2.05, 4.69) is 47.3 Å². The topological polar surface area (TPSA) is 24.8 Å². The molecule has 0 radical (unpaired) electrons. The standard InChI is InChI=1S/C17H18N2OS2/c1-10(2)16-15(19-6-5-18-17(19)22-16)11-8-13(20-3)12-4-7-21-14(12)9-11/h4,7-10H,5-6H2,1-3H3. The Labute approximate surface area is 138 Å². The number of aliphatic imine (C=N–C) groups is 1. The molecule has 3 nitrogen and oxygen atoms in total. The number of thiophene rings is 1. The van der Waals surface area contributed by atoms with Gasteiger partial charge in [0.05, 0.1) is 19.4 Å². The lowest BCUT2D eigenvalue weighted by atomic mass is 10.0. The van der Waals surface area contributed by atoms with Crippen LogP contribution in [-0.4, -0.2) is 30.3 Å². The van der Waals surface area contributed by atoms with Crippen molar-refractivity contribution in [2.24, 2.45) is 10.9 Å². The van der Waals surface area contributed by atoms with Crippen LogP contribution >= 0.6 is 23.1 Å². The molecule has 2 aliphatic rings.